The molecule has 0 saturated carbocycles. The second kappa shape index (κ2) is 6.18. The van der Waals surface area contributed by atoms with Gasteiger partial charge in [-0.3, -0.25) is 9.48 Å². The van der Waals surface area contributed by atoms with E-state index in [1.165, 1.54) is 5.69 Å². The second-order valence-corrected chi connectivity index (χ2v) is 6.35. The normalized spacial score (nSPS) is 26.3. The molecular formula is C16H25N3O2. The monoisotopic (exact) mass is 291 g/mol. The van der Waals surface area contributed by atoms with Crippen molar-refractivity contribution < 1.29 is 9.53 Å². The quantitative estimate of drug-likeness (QED) is 0.858. The molecule has 0 bridgehead atoms. The van der Waals surface area contributed by atoms with E-state index in [1.54, 1.807) is 0 Å². The van der Waals surface area contributed by atoms with Crippen molar-refractivity contribution in [3.8, 4) is 0 Å². The number of aromatic nitrogens is 2. The van der Waals surface area contributed by atoms with E-state index in [4.69, 9.17) is 4.74 Å². The Morgan fingerprint density at radius 3 is 2.90 bits per heavy atom. The number of hydrogen-bond donors (Lipinski definition) is 0. The molecule has 2 aliphatic heterocycles. The van der Waals surface area contributed by atoms with Crippen molar-refractivity contribution in [2.75, 3.05) is 19.7 Å². The summed E-state index contributed by atoms with van der Waals surface area (Å²) in [5.74, 6) is 0.244. The Kier molecular flexibility index (Phi) is 4.29. The van der Waals surface area contributed by atoms with Crippen molar-refractivity contribution in [3.63, 3.8) is 0 Å². The first-order valence-electron chi connectivity index (χ1n) is 8.05. The lowest BCUT2D eigenvalue weighted by Gasteiger charge is -2.34. The summed E-state index contributed by atoms with van der Waals surface area (Å²) in [5.41, 5.74) is 2.24. The van der Waals surface area contributed by atoms with Crippen LogP contribution in [0.5, 0.6) is 0 Å². The van der Waals surface area contributed by atoms with E-state index in [1.807, 2.05) is 11.8 Å². The molecule has 3 rings (SSSR count). The molecule has 1 amide bonds. The Morgan fingerprint density at radius 1 is 1.38 bits per heavy atom. The van der Waals surface area contributed by atoms with Crippen LogP contribution in [-0.2, 0) is 9.53 Å². The number of rotatable bonds is 3. The minimum Gasteiger partial charge on any atom is -0.378 e. The van der Waals surface area contributed by atoms with Crippen molar-refractivity contribution >= 4 is 5.91 Å². The summed E-state index contributed by atoms with van der Waals surface area (Å²) in [6, 6.07) is 2.42. The van der Waals surface area contributed by atoms with E-state index >= 15 is 0 Å². The molecule has 0 aliphatic carbocycles. The van der Waals surface area contributed by atoms with E-state index in [9.17, 15) is 4.79 Å². The molecule has 2 aliphatic rings. The van der Waals surface area contributed by atoms with Crippen LogP contribution in [-0.4, -0.2) is 46.4 Å². The van der Waals surface area contributed by atoms with Crippen molar-refractivity contribution in [1.29, 1.82) is 0 Å². The van der Waals surface area contributed by atoms with Crippen molar-refractivity contribution in [1.82, 2.24) is 14.7 Å². The van der Waals surface area contributed by atoms with Gasteiger partial charge in [0.1, 0.15) is 0 Å². The fraction of sp³-hybridized carbons (Fsp3) is 0.750. The number of carbonyl (C=O) groups excluding carboxylic acids is 1. The molecule has 3 heterocycles. The molecule has 2 fully saturated rings. The lowest BCUT2D eigenvalue weighted by atomic mass is 10.0. The van der Waals surface area contributed by atoms with Gasteiger partial charge in [0.25, 0.3) is 0 Å². The van der Waals surface area contributed by atoms with Gasteiger partial charge in [-0.25, -0.2) is 0 Å². The zero-order valence-electron chi connectivity index (χ0n) is 13.0. The summed E-state index contributed by atoms with van der Waals surface area (Å²) in [6.45, 7) is 6.58. The predicted octanol–water partition coefficient (Wildman–Crippen LogP) is 2.23. The highest BCUT2D eigenvalue weighted by atomic mass is 16.5. The van der Waals surface area contributed by atoms with E-state index in [0.717, 1.165) is 51.1 Å². The lowest BCUT2D eigenvalue weighted by molar-refractivity contribution is -0.135. The topological polar surface area (TPSA) is 47.4 Å². The van der Waals surface area contributed by atoms with E-state index in [2.05, 4.69) is 22.8 Å². The van der Waals surface area contributed by atoms with Crippen LogP contribution in [0.15, 0.2) is 6.07 Å². The average Bonchev–Trinajstić information content (AvgIpc) is 3.08. The van der Waals surface area contributed by atoms with Crippen molar-refractivity contribution in [2.45, 2.75) is 58.1 Å². The maximum atomic E-state index is 12.4. The van der Waals surface area contributed by atoms with Crippen LogP contribution in [0.3, 0.4) is 0 Å². The first-order chi connectivity index (χ1) is 10.1. The van der Waals surface area contributed by atoms with Gasteiger partial charge in [0, 0.05) is 25.4 Å². The SMILES string of the molecule is Cc1cc(C)n([C@H]2CCCN(C(=O)C[C@@H]3CCCO3)C2)n1. The lowest BCUT2D eigenvalue weighted by Crippen LogP contribution is -2.42. The van der Waals surface area contributed by atoms with Gasteiger partial charge < -0.3 is 9.64 Å². The molecule has 116 valence electrons. The van der Waals surface area contributed by atoms with Gasteiger partial charge >= 0.3 is 0 Å². The fourth-order valence-corrected chi connectivity index (χ4v) is 3.53. The molecule has 0 spiro atoms. The molecule has 5 nitrogen and oxygen atoms in total. The molecule has 0 aromatic carbocycles. The maximum Gasteiger partial charge on any atom is 0.225 e. The minimum absolute atomic E-state index is 0.145. The summed E-state index contributed by atoms with van der Waals surface area (Å²) < 4.78 is 7.68. The van der Waals surface area contributed by atoms with Gasteiger partial charge in [0.15, 0.2) is 0 Å². The number of nitrogens with zero attached hydrogens (tertiary/aromatic N) is 3. The number of amides is 1. The van der Waals surface area contributed by atoms with Gasteiger partial charge in [0.2, 0.25) is 5.91 Å². The minimum atomic E-state index is 0.145. The number of hydrogen-bond acceptors (Lipinski definition) is 3. The van der Waals surface area contributed by atoms with Gasteiger partial charge in [-0.1, -0.05) is 0 Å². The molecule has 0 N–H and O–H groups in total. The van der Waals surface area contributed by atoms with E-state index < -0.39 is 0 Å². The third kappa shape index (κ3) is 3.28. The number of aryl methyl sites for hydroxylation is 2. The van der Waals surface area contributed by atoms with Crippen LogP contribution < -0.4 is 0 Å². The van der Waals surface area contributed by atoms with Crippen LogP contribution >= 0.6 is 0 Å². The van der Waals surface area contributed by atoms with E-state index in [-0.39, 0.29) is 12.0 Å². The second-order valence-electron chi connectivity index (χ2n) is 6.35. The molecule has 2 saturated heterocycles. The zero-order valence-corrected chi connectivity index (χ0v) is 13.0. The molecule has 0 unspecified atom stereocenters. The Morgan fingerprint density at radius 2 is 2.24 bits per heavy atom. The van der Waals surface area contributed by atoms with Gasteiger partial charge in [0.05, 0.1) is 24.3 Å². The summed E-state index contributed by atoms with van der Waals surface area (Å²) in [7, 11) is 0. The zero-order chi connectivity index (χ0) is 14.8. The van der Waals surface area contributed by atoms with Crippen LogP contribution in [0.1, 0.15) is 49.5 Å². The van der Waals surface area contributed by atoms with Gasteiger partial charge in [-0.2, -0.15) is 5.10 Å². The standard InChI is InChI=1S/C16H25N3O2/c1-12-9-13(2)19(17-12)14-5-3-7-18(11-14)16(20)10-15-6-4-8-21-15/h9,14-15H,3-8,10-11H2,1-2H3/t14-,15-/m0/s1. The third-order valence-corrected chi connectivity index (χ3v) is 4.57. The first kappa shape index (κ1) is 14.6. The highest BCUT2D eigenvalue weighted by molar-refractivity contribution is 5.76. The largest absolute Gasteiger partial charge is 0.378 e. The maximum absolute atomic E-state index is 12.4. The molecule has 0 radical (unpaired) electrons. The van der Waals surface area contributed by atoms with Gasteiger partial charge in [-0.15, -0.1) is 0 Å². The number of piperidine rings is 1. The molecular weight excluding hydrogens is 266 g/mol. The summed E-state index contributed by atoms with van der Waals surface area (Å²) in [4.78, 5) is 14.4. The van der Waals surface area contributed by atoms with E-state index in [0.29, 0.717) is 12.5 Å². The highest BCUT2D eigenvalue weighted by Gasteiger charge is 2.28. The molecule has 1 aromatic heterocycles. The Balaban J connectivity index is 1.62. The molecule has 5 heteroatoms. The summed E-state index contributed by atoms with van der Waals surface area (Å²) >= 11 is 0. The highest BCUT2D eigenvalue weighted by Crippen LogP contribution is 2.24. The van der Waals surface area contributed by atoms with Crippen LogP contribution in [0.4, 0.5) is 0 Å². The Labute approximate surface area is 126 Å². The molecule has 21 heavy (non-hydrogen) atoms. The Bertz CT molecular complexity index is 506. The predicted molar refractivity (Wildman–Crippen MR) is 80.1 cm³/mol. The first-order valence-corrected chi connectivity index (χ1v) is 8.05. The summed E-state index contributed by atoms with van der Waals surface area (Å²) in [6.07, 6.45) is 4.97. The smallest absolute Gasteiger partial charge is 0.225 e. The van der Waals surface area contributed by atoms with Crippen LogP contribution in [0.25, 0.3) is 0 Å². The summed E-state index contributed by atoms with van der Waals surface area (Å²) in [5, 5.41) is 4.58. The average molecular weight is 291 g/mol. The third-order valence-electron chi connectivity index (χ3n) is 4.57. The molecule has 2 atom stereocenters. The van der Waals surface area contributed by atoms with Crippen LogP contribution in [0, 0.1) is 13.8 Å². The number of carbonyl (C=O) groups is 1. The van der Waals surface area contributed by atoms with Crippen LogP contribution in [0.2, 0.25) is 0 Å². The number of likely N-dealkylation sites (tertiary alicyclic amines) is 1. The number of ether oxygens (including phenoxy) is 1. The van der Waals surface area contributed by atoms with Gasteiger partial charge in [-0.05, 0) is 45.6 Å². The van der Waals surface area contributed by atoms with Crippen molar-refractivity contribution in [2.24, 2.45) is 0 Å². The molecule has 1 aromatic rings. The Hall–Kier alpha value is -1.36. The van der Waals surface area contributed by atoms with Crippen molar-refractivity contribution in [3.05, 3.63) is 17.5 Å². The fourth-order valence-electron chi connectivity index (χ4n) is 3.53.